The molecular formula is C27H19ClN4O5. The van der Waals surface area contributed by atoms with Crippen molar-refractivity contribution in [3.8, 4) is 34.9 Å². The summed E-state index contributed by atoms with van der Waals surface area (Å²) in [5.74, 6) is 1.55. The maximum Gasteiger partial charge on any atom is 0.282 e. The highest BCUT2D eigenvalue weighted by molar-refractivity contribution is 6.31. The van der Waals surface area contributed by atoms with Crippen molar-refractivity contribution >= 4 is 39.7 Å². The fourth-order valence-corrected chi connectivity index (χ4v) is 4.04. The second-order valence-electron chi connectivity index (χ2n) is 7.81. The van der Waals surface area contributed by atoms with Gasteiger partial charge in [0, 0.05) is 16.0 Å². The summed E-state index contributed by atoms with van der Waals surface area (Å²) in [6.45, 7) is -0.176. The first kappa shape index (κ1) is 23.9. The smallest absolute Gasteiger partial charge is 0.282 e. The molecule has 0 aliphatic carbocycles. The highest BCUT2D eigenvalue weighted by Crippen LogP contribution is 2.38. The first-order valence-electron chi connectivity index (χ1n) is 11.0. The first-order valence-corrected chi connectivity index (χ1v) is 11.4. The van der Waals surface area contributed by atoms with Crippen LogP contribution in [0.15, 0.2) is 75.0 Å². The molecule has 3 aromatic carbocycles. The van der Waals surface area contributed by atoms with E-state index < -0.39 is 0 Å². The van der Waals surface area contributed by atoms with Gasteiger partial charge in [-0.2, -0.15) is 15.0 Å². The van der Waals surface area contributed by atoms with E-state index in [1.165, 1.54) is 25.1 Å². The number of methoxy groups -OCH3 is 2. The Morgan fingerprint density at radius 2 is 1.86 bits per heavy atom. The zero-order chi connectivity index (χ0) is 25.9. The Labute approximate surface area is 215 Å². The van der Waals surface area contributed by atoms with Crippen LogP contribution in [0.25, 0.3) is 33.5 Å². The first-order chi connectivity index (χ1) is 18.0. The minimum absolute atomic E-state index is 0.176. The third-order valence-electron chi connectivity index (χ3n) is 5.54. The summed E-state index contributed by atoms with van der Waals surface area (Å²) in [4.78, 5) is 18.2. The van der Waals surface area contributed by atoms with Crippen molar-refractivity contribution in [2.75, 3.05) is 20.8 Å². The van der Waals surface area contributed by atoms with E-state index in [1.54, 1.807) is 60.7 Å². The number of hydrogen-bond acceptors (Lipinski definition) is 8. The molecule has 5 rings (SSSR count). The molecule has 184 valence electrons. The van der Waals surface area contributed by atoms with Crippen LogP contribution in [0, 0.1) is 11.3 Å². The fourth-order valence-electron chi connectivity index (χ4n) is 3.86. The molecule has 0 aliphatic heterocycles. The van der Waals surface area contributed by atoms with Crippen molar-refractivity contribution in [2.45, 2.75) is 0 Å². The van der Waals surface area contributed by atoms with Gasteiger partial charge in [0.1, 0.15) is 11.7 Å². The van der Waals surface area contributed by atoms with Gasteiger partial charge < -0.3 is 18.6 Å². The van der Waals surface area contributed by atoms with E-state index in [1.807, 2.05) is 6.07 Å². The molecule has 10 heteroatoms. The van der Waals surface area contributed by atoms with Gasteiger partial charge in [-0.1, -0.05) is 23.7 Å². The lowest BCUT2D eigenvalue weighted by atomic mass is 10.2. The van der Waals surface area contributed by atoms with Gasteiger partial charge in [-0.25, -0.2) is 4.98 Å². The van der Waals surface area contributed by atoms with Gasteiger partial charge in [-0.15, -0.1) is 0 Å². The van der Waals surface area contributed by atoms with Gasteiger partial charge in [-0.05, 0) is 48.5 Å². The van der Waals surface area contributed by atoms with E-state index in [0.29, 0.717) is 44.3 Å². The number of para-hydroxylation sites is 1. The molecule has 0 atom stereocenters. The zero-order valence-corrected chi connectivity index (χ0v) is 20.5. The van der Waals surface area contributed by atoms with Crippen LogP contribution in [0.1, 0.15) is 5.56 Å². The quantitative estimate of drug-likeness (QED) is 0.272. The molecule has 0 unspecified atom stereocenters. The van der Waals surface area contributed by atoms with E-state index in [-0.39, 0.29) is 23.7 Å². The third-order valence-corrected chi connectivity index (χ3v) is 5.77. The predicted octanol–water partition coefficient (Wildman–Crippen LogP) is 5.26. The maximum atomic E-state index is 13.5. The Balaban J connectivity index is 1.67. The highest BCUT2D eigenvalue weighted by atomic mass is 35.5. The standard InChI is InChI=1S/C27H19ClN4O5/c1-34-22-11-16(12-23(35-2)25(22)36-10-9-29)15-30-32-26(31-20-6-4-3-5-19(20)27(32)33)24-14-17-13-18(28)7-8-21(17)37-24/h3-8,11-15H,10H2,1-2H3. The van der Waals surface area contributed by atoms with Crippen LogP contribution >= 0.6 is 11.6 Å². The molecule has 0 radical (unpaired) electrons. The molecule has 5 aromatic rings. The summed E-state index contributed by atoms with van der Waals surface area (Å²) in [6.07, 6.45) is 1.47. The number of nitrogens with zero attached hydrogens (tertiary/aromatic N) is 4. The van der Waals surface area contributed by atoms with Crippen molar-refractivity contribution in [1.29, 1.82) is 5.26 Å². The van der Waals surface area contributed by atoms with Crippen LogP contribution in [0.5, 0.6) is 17.2 Å². The van der Waals surface area contributed by atoms with Crippen LogP contribution in [0.3, 0.4) is 0 Å². The van der Waals surface area contributed by atoms with E-state index >= 15 is 0 Å². The van der Waals surface area contributed by atoms with Gasteiger partial charge in [-0.3, -0.25) is 4.79 Å². The minimum Gasteiger partial charge on any atom is -0.493 e. The number of furan rings is 1. The molecule has 0 amide bonds. The largest absolute Gasteiger partial charge is 0.493 e. The van der Waals surface area contributed by atoms with Crippen LogP contribution in [0.2, 0.25) is 5.02 Å². The van der Waals surface area contributed by atoms with Gasteiger partial charge in [0.15, 0.2) is 23.9 Å². The molecule has 0 N–H and O–H groups in total. The number of ether oxygens (including phenoxy) is 3. The van der Waals surface area contributed by atoms with E-state index in [0.717, 1.165) is 5.39 Å². The van der Waals surface area contributed by atoms with Crippen LogP contribution in [-0.2, 0) is 0 Å². The number of halogens is 1. The number of fused-ring (bicyclic) bond motifs is 2. The van der Waals surface area contributed by atoms with E-state index in [4.69, 9.17) is 35.5 Å². The van der Waals surface area contributed by atoms with Crippen molar-refractivity contribution in [1.82, 2.24) is 9.66 Å². The van der Waals surface area contributed by atoms with Crippen molar-refractivity contribution in [3.63, 3.8) is 0 Å². The Hall–Kier alpha value is -4.81. The third kappa shape index (κ3) is 4.58. The topological polar surface area (TPSA) is 112 Å². The molecule has 37 heavy (non-hydrogen) atoms. The number of aromatic nitrogens is 2. The summed E-state index contributed by atoms with van der Waals surface area (Å²) >= 11 is 6.13. The Morgan fingerprint density at radius 1 is 1.11 bits per heavy atom. The number of nitriles is 1. The Kier molecular flexibility index (Phi) is 6.49. The summed E-state index contributed by atoms with van der Waals surface area (Å²) in [7, 11) is 2.94. The van der Waals surface area contributed by atoms with E-state index in [2.05, 4.69) is 10.1 Å². The molecule has 0 saturated carbocycles. The average molecular weight is 515 g/mol. The normalized spacial score (nSPS) is 11.2. The summed E-state index contributed by atoms with van der Waals surface area (Å²) in [6, 6.07) is 19.2. The van der Waals surface area contributed by atoms with Crippen LogP contribution in [0.4, 0.5) is 0 Å². The number of benzene rings is 3. The molecule has 0 spiro atoms. The number of hydrogen-bond donors (Lipinski definition) is 0. The molecule has 9 nitrogen and oxygen atoms in total. The molecule has 0 aliphatic rings. The van der Waals surface area contributed by atoms with Crippen molar-refractivity contribution < 1.29 is 18.6 Å². The molecular weight excluding hydrogens is 496 g/mol. The van der Waals surface area contributed by atoms with Gasteiger partial charge in [0.25, 0.3) is 5.56 Å². The lowest BCUT2D eigenvalue weighted by Gasteiger charge is -2.13. The predicted molar refractivity (Wildman–Crippen MR) is 140 cm³/mol. The molecule has 0 fully saturated rings. The second-order valence-corrected chi connectivity index (χ2v) is 8.24. The van der Waals surface area contributed by atoms with Gasteiger partial charge >= 0.3 is 0 Å². The average Bonchev–Trinajstić information content (AvgIpc) is 3.34. The summed E-state index contributed by atoms with van der Waals surface area (Å²) < 4.78 is 23.5. The molecule has 2 heterocycles. The summed E-state index contributed by atoms with van der Waals surface area (Å²) in [5, 5.41) is 15.1. The Morgan fingerprint density at radius 3 is 2.59 bits per heavy atom. The molecule has 0 saturated heterocycles. The van der Waals surface area contributed by atoms with Gasteiger partial charge in [0.2, 0.25) is 11.6 Å². The zero-order valence-electron chi connectivity index (χ0n) is 19.8. The van der Waals surface area contributed by atoms with Crippen LogP contribution < -0.4 is 19.8 Å². The molecule has 0 bridgehead atoms. The monoisotopic (exact) mass is 514 g/mol. The number of rotatable bonds is 7. The SMILES string of the molecule is COc1cc(C=Nn2c(-c3cc4cc(Cl)ccc4o3)nc3ccccc3c2=O)cc(OC)c1OCC#N. The lowest BCUT2D eigenvalue weighted by molar-refractivity contribution is 0.303. The summed E-state index contributed by atoms with van der Waals surface area (Å²) in [5.41, 5.74) is 1.29. The molecule has 2 aromatic heterocycles. The maximum absolute atomic E-state index is 13.5. The minimum atomic E-state index is -0.372. The highest BCUT2D eigenvalue weighted by Gasteiger charge is 2.17. The second kappa shape index (κ2) is 10.0. The lowest BCUT2D eigenvalue weighted by Crippen LogP contribution is -2.20. The van der Waals surface area contributed by atoms with E-state index in [9.17, 15) is 4.79 Å². The van der Waals surface area contributed by atoms with Crippen molar-refractivity contribution in [3.05, 3.63) is 81.6 Å². The Bertz CT molecular complexity index is 1740. The van der Waals surface area contributed by atoms with Gasteiger partial charge in [0.05, 0.1) is 31.3 Å². The van der Waals surface area contributed by atoms with Crippen LogP contribution in [-0.4, -0.2) is 36.7 Å². The van der Waals surface area contributed by atoms with Crippen molar-refractivity contribution in [2.24, 2.45) is 5.10 Å². The fraction of sp³-hybridized carbons (Fsp3) is 0.111.